The summed E-state index contributed by atoms with van der Waals surface area (Å²) in [5, 5.41) is 3.53. The van der Waals surface area contributed by atoms with Gasteiger partial charge in [0.2, 0.25) is 0 Å². The van der Waals surface area contributed by atoms with Gasteiger partial charge in [0.15, 0.2) is 0 Å². The third kappa shape index (κ3) is 4.24. The fourth-order valence-electron chi connectivity index (χ4n) is 3.56. The molecule has 0 aromatic heterocycles. The molecule has 2 heteroatoms. The van der Waals surface area contributed by atoms with Crippen molar-refractivity contribution in [2.45, 2.75) is 52.9 Å². The van der Waals surface area contributed by atoms with Crippen LogP contribution in [-0.4, -0.2) is 37.6 Å². The van der Waals surface area contributed by atoms with Crippen molar-refractivity contribution in [2.24, 2.45) is 17.3 Å². The molecule has 2 aliphatic rings. The summed E-state index contributed by atoms with van der Waals surface area (Å²) in [4.78, 5) is 2.71. The van der Waals surface area contributed by atoms with E-state index < -0.39 is 0 Å². The van der Waals surface area contributed by atoms with Crippen LogP contribution in [0, 0.1) is 17.3 Å². The molecule has 0 radical (unpaired) electrons. The molecule has 0 amide bonds. The summed E-state index contributed by atoms with van der Waals surface area (Å²) in [5.74, 6) is 1.88. The van der Waals surface area contributed by atoms with Gasteiger partial charge in [-0.25, -0.2) is 0 Å². The van der Waals surface area contributed by atoms with E-state index in [1.807, 2.05) is 0 Å². The minimum absolute atomic E-state index is 0.513. The Hall–Kier alpha value is -0.0800. The monoisotopic (exact) mass is 252 g/mol. The average molecular weight is 252 g/mol. The van der Waals surface area contributed by atoms with Crippen LogP contribution in [0.15, 0.2) is 0 Å². The molecule has 106 valence electrons. The van der Waals surface area contributed by atoms with Crippen molar-refractivity contribution in [3.63, 3.8) is 0 Å². The molecule has 2 fully saturated rings. The van der Waals surface area contributed by atoms with Crippen LogP contribution >= 0.6 is 0 Å². The smallest absolute Gasteiger partial charge is 0.00156 e. The Morgan fingerprint density at radius 3 is 2.39 bits per heavy atom. The van der Waals surface area contributed by atoms with E-state index in [4.69, 9.17) is 0 Å². The molecule has 1 unspecified atom stereocenters. The third-order valence-corrected chi connectivity index (χ3v) is 5.06. The molecule has 2 nitrogen and oxygen atoms in total. The molecule has 2 rings (SSSR count). The molecule has 1 N–H and O–H groups in total. The molecular weight excluding hydrogens is 220 g/mol. The Kier molecular flexibility index (Phi) is 5.08. The van der Waals surface area contributed by atoms with Crippen molar-refractivity contribution in [3.05, 3.63) is 0 Å². The van der Waals surface area contributed by atoms with E-state index in [1.54, 1.807) is 0 Å². The van der Waals surface area contributed by atoms with Crippen molar-refractivity contribution in [1.82, 2.24) is 10.2 Å². The zero-order valence-electron chi connectivity index (χ0n) is 12.7. The van der Waals surface area contributed by atoms with Gasteiger partial charge in [0.25, 0.3) is 0 Å². The lowest BCUT2D eigenvalue weighted by Gasteiger charge is -2.39. The van der Waals surface area contributed by atoms with Crippen molar-refractivity contribution < 1.29 is 0 Å². The van der Waals surface area contributed by atoms with Gasteiger partial charge < -0.3 is 10.2 Å². The number of likely N-dealkylation sites (tertiary alicyclic amines) is 1. The van der Waals surface area contributed by atoms with Gasteiger partial charge >= 0.3 is 0 Å². The van der Waals surface area contributed by atoms with Crippen LogP contribution in [0.2, 0.25) is 0 Å². The Labute approximate surface area is 114 Å². The quantitative estimate of drug-likeness (QED) is 0.830. The molecule has 0 saturated carbocycles. The number of nitrogens with one attached hydrogen (secondary N) is 1. The minimum atomic E-state index is 0.513. The molecule has 1 atom stereocenters. The van der Waals surface area contributed by atoms with Gasteiger partial charge in [-0.1, -0.05) is 20.8 Å². The maximum absolute atomic E-state index is 3.53. The van der Waals surface area contributed by atoms with E-state index in [2.05, 4.69) is 31.0 Å². The van der Waals surface area contributed by atoms with Gasteiger partial charge in [-0.3, -0.25) is 0 Å². The highest BCUT2D eigenvalue weighted by molar-refractivity contribution is 4.81. The fourth-order valence-corrected chi connectivity index (χ4v) is 3.56. The lowest BCUT2D eigenvalue weighted by atomic mass is 9.75. The Balaban J connectivity index is 1.64. The SMILES string of the molecule is CC(C)(C)C1CCN(CCC2CCCNC2)CC1. The number of hydrogen-bond acceptors (Lipinski definition) is 2. The van der Waals surface area contributed by atoms with Gasteiger partial charge in [-0.15, -0.1) is 0 Å². The van der Waals surface area contributed by atoms with Crippen LogP contribution in [0.3, 0.4) is 0 Å². The number of rotatable bonds is 3. The Morgan fingerprint density at radius 2 is 1.83 bits per heavy atom. The molecule has 2 aliphatic heterocycles. The third-order valence-electron chi connectivity index (χ3n) is 5.06. The lowest BCUT2D eigenvalue weighted by molar-refractivity contribution is 0.107. The van der Waals surface area contributed by atoms with E-state index in [0.29, 0.717) is 5.41 Å². The average Bonchev–Trinajstić information content (AvgIpc) is 2.37. The maximum Gasteiger partial charge on any atom is -0.00156 e. The lowest BCUT2D eigenvalue weighted by Crippen LogP contribution is -2.39. The van der Waals surface area contributed by atoms with Crippen molar-refractivity contribution in [1.29, 1.82) is 0 Å². The summed E-state index contributed by atoms with van der Waals surface area (Å²) in [5.41, 5.74) is 0.513. The molecule has 0 aromatic carbocycles. The summed E-state index contributed by atoms with van der Waals surface area (Å²) in [7, 11) is 0. The zero-order chi connectivity index (χ0) is 13.0. The molecular formula is C16H32N2. The minimum Gasteiger partial charge on any atom is -0.316 e. The largest absolute Gasteiger partial charge is 0.316 e. The summed E-state index contributed by atoms with van der Waals surface area (Å²) in [6.45, 7) is 13.7. The second-order valence-electron chi connectivity index (χ2n) is 7.48. The van der Waals surface area contributed by atoms with Crippen molar-refractivity contribution >= 4 is 0 Å². The second-order valence-corrected chi connectivity index (χ2v) is 7.48. The first-order valence-corrected chi connectivity index (χ1v) is 7.99. The van der Waals surface area contributed by atoms with Crippen LogP contribution < -0.4 is 5.32 Å². The number of piperidine rings is 2. The summed E-state index contributed by atoms with van der Waals surface area (Å²) >= 11 is 0. The zero-order valence-corrected chi connectivity index (χ0v) is 12.7. The van der Waals surface area contributed by atoms with Gasteiger partial charge in [0.05, 0.1) is 0 Å². The molecule has 0 aromatic rings. The van der Waals surface area contributed by atoms with Crippen LogP contribution in [0.25, 0.3) is 0 Å². The normalized spacial score (nSPS) is 28.5. The molecule has 2 saturated heterocycles. The second kappa shape index (κ2) is 6.38. The van der Waals surface area contributed by atoms with Gasteiger partial charge in [-0.05, 0) is 82.1 Å². The van der Waals surface area contributed by atoms with Gasteiger partial charge in [-0.2, -0.15) is 0 Å². The van der Waals surface area contributed by atoms with Crippen LogP contribution in [0.1, 0.15) is 52.9 Å². The number of nitrogens with zero attached hydrogens (tertiary/aromatic N) is 1. The highest BCUT2D eigenvalue weighted by Crippen LogP contribution is 2.34. The van der Waals surface area contributed by atoms with E-state index in [-0.39, 0.29) is 0 Å². The first kappa shape index (κ1) is 14.3. The van der Waals surface area contributed by atoms with Crippen LogP contribution in [0.5, 0.6) is 0 Å². The molecule has 0 aliphatic carbocycles. The van der Waals surface area contributed by atoms with Crippen LogP contribution in [0.4, 0.5) is 0 Å². The van der Waals surface area contributed by atoms with Crippen LogP contribution in [-0.2, 0) is 0 Å². The molecule has 0 bridgehead atoms. The highest BCUT2D eigenvalue weighted by Gasteiger charge is 2.28. The standard InChI is InChI=1S/C16H32N2/c1-16(2,3)15-7-11-18(12-8-15)10-6-14-5-4-9-17-13-14/h14-15,17H,4-13H2,1-3H3. The molecule has 0 spiro atoms. The molecule has 2 heterocycles. The van der Waals surface area contributed by atoms with Gasteiger partial charge in [0, 0.05) is 0 Å². The topological polar surface area (TPSA) is 15.3 Å². The first-order chi connectivity index (χ1) is 8.55. The highest BCUT2D eigenvalue weighted by atomic mass is 15.1. The summed E-state index contributed by atoms with van der Waals surface area (Å²) < 4.78 is 0. The summed E-state index contributed by atoms with van der Waals surface area (Å²) in [6.07, 6.45) is 7.06. The van der Waals surface area contributed by atoms with E-state index in [1.165, 1.54) is 64.8 Å². The Bertz CT molecular complexity index is 230. The summed E-state index contributed by atoms with van der Waals surface area (Å²) in [6, 6.07) is 0. The van der Waals surface area contributed by atoms with Crippen molar-refractivity contribution in [3.8, 4) is 0 Å². The first-order valence-electron chi connectivity index (χ1n) is 7.99. The molecule has 18 heavy (non-hydrogen) atoms. The van der Waals surface area contributed by atoms with E-state index in [0.717, 1.165) is 11.8 Å². The predicted octanol–water partition coefficient (Wildman–Crippen LogP) is 3.13. The fraction of sp³-hybridized carbons (Fsp3) is 1.00. The van der Waals surface area contributed by atoms with Gasteiger partial charge in [0.1, 0.15) is 0 Å². The van der Waals surface area contributed by atoms with E-state index in [9.17, 15) is 0 Å². The maximum atomic E-state index is 3.53. The Morgan fingerprint density at radius 1 is 1.11 bits per heavy atom. The number of hydrogen-bond donors (Lipinski definition) is 1. The predicted molar refractivity (Wildman–Crippen MR) is 78.8 cm³/mol. The van der Waals surface area contributed by atoms with E-state index >= 15 is 0 Å². The van der Waals surface area contributed by atoms with Crippen molar-refractivity contribution in [2.75, 3.05) is 32.7 Å².